The maximum atomic E-state index is 12.4. The van der Waals surface area contributed by atoms with Crippen LogP contribution in [0.15, 0.2) is 24.3 Å². The van der Waals surface area contributed by atoms with E-state index in [0.29, 0.717) is 5.25 Å². The summed E-state index contributed by atoms with van der Waals surface area (Å²) in [5, 5.41) is 3.93. The molecule has 1 aromatic carbocycles. The van der Waals surface area contributed by atoms with Crippen LogP contribution >= 0.6 is 11.8 Å². The van der Waals surface area contributed by atoms with Gasteiger partial charge < -0.3 is 5.32 Å². The van der Waals surface area contributed by atoms with Crippen molar-refractivity contribution in [1.29, 1.82) is 0 Å². The van der Waals surface area contributed by atoms with E-state index in [-0.39, 0.29) is 0 Å². The molecule has 1 N–H and O–H groups in total. The van der Waals surface area contributed by atoms with Gasteiger partial charge in [0.25, 0.3) is 0 Å². The van der Waals surface area contributed by atoms with E-state index in [4.69, 9.17) is 0 Å². The van der Waals surface area contributed by atoms with E-state index in [1.807, 2.05) is 11.8 Å². The number of rotatable bonds is 3. The lowest BCUT2D eigenvalue weighted by Gasteiger charge is -2.22. The van der Waals surface area contributed by atoms with E-state index < -0.39 is 11.7 Å². The van der Waals surface area contributed by atoms with Crippen molar-refractivity contribution in [2.75, 3.05) is 13.1 Å². The molecule has 0 aliphatic carbocycles. The summed E-state index contributed by atoms with van der Waals surface area (Å²) in [5.74, 6) is 0.794. The van der Waals surface area contributed by atoms with Gasteiger partial charge in [-0.05, 0) is 43.6 Å². The Morgan fingerprint density at radius 1 is 1.11 bits per heavy atom. The fraction of sp³-hybridized carbons (Fsp3) is 0.538. The summed E-state index contributed by atoms with van der Waals surface area (Å²) in [6.07, 6.45) is -1.95. The first-order valence-electron chi connectivity index (χ1n) is 6.04. The second-order valence-electron chi connectivity index (χ2n) is 4.46. The Balaban J connectivity index is 1.86. The van der Waals surface area contributed by atoms with Gasteiger partial charge in [-0.1, -0.05) is 12.1 Å². The molecule has 100 valence electrons. The number of hydrogen-bond acceptors (Lipinski definition) is 2. The molecule has 0 saturated carbocycles. The molecule has 2 rings (SSSR count). The van der Waals surface area contributed by atoms with Gasteiger partial charge in [-0.3, -0.25) is 0 Å². The molecule has 0 amide bonds. The highest BCUT2D eigenvalue weighted by atomic mass is 32.2. The van der Waals surface area contributed by atoms with Crippen molar-refractivity contribution < 1.29 is 13.2 Å². The van der Waals surface area contributed by atoms with Gasteiger partial charge in [0.2, 0.25) is 0 Å². The van der Waals surface area contributed by atoms with Crippen molar-refractivity contribution >= 4 is 11.8 Å². The van der Waals surface area contributed by atoms with Crippen molar-refractivity contribution in [1.82, 2.24) is 5.32 Å². The molecule has 1 fully saturated rings. The van der Waals surface area contributed by atoms with Crippen LogP contribution in [-0.2, 0) is 11.9 Å². The minimum atomic E-state index is -4.24. The number of halogens is 3. The second-order valence-corrected chi connectivity index (χ2v) is 5.74. The predicted octanol–water partition coefficient (Wildman–Crippen LogP) is 3.69. The maximum Gasteiger partial charge on any atom is 0.416 e. The first kappa shape index (κ1) is 13.7. The number of benzene rings is 1. The van der Waals surface area contributed by atoms with Crippen molar-refractivity contribution in [2.45, 2.75) is 30.0 Å². The summed E-state index contributed by atoms with van der Waals surface area (Å²) in [7, 11) is 0. The minimum absolute atomic E-state index is 0.571. The second kappa shape index (κ2) is 5.97. The van der Waals surface area contributed by atoms with Crippen molar-refractivity contribution in [3.63, 3.8) is 0 Å². The number of hydrogen-bond donors (Lipinski definition) is 1. The van der Waals surface area contributed by atoms with Crippen LogP contribution in [0.2, 0.25) is 0 Å². The van der Waals surface area contributed by atoms with Crippen LogP contribution < -0.4 is 5.32 Å². The molecule has 0 bridgehead atoms. The molecule has 1 aliphatic rings. The molecule has 0 spiro atoms. The number of nitrogens with one attached hydrogen (secondary N) is 1. The lowest BCUT2D eigenvalue weighted by atomic mass is 10.1. The summed E-state index contributed by atoms with van der Waals surface area (Å²) in [6.45, 7) is 2.09. The molecule has 1 nitrogen and oxygen atoms in total. The lowest BCUT2D eigenvalue weighted by Crippen LogP contribution is -2.29. The summed E-state index contributed by atoms with van der Waals surface area (Å²) < 4.78 is 37.2. The quantitative estimate of drug-likeness (QED) is 0.903. The highest BCUT2D eigenvalue weighted by Gasteiger charge is 2.29. The highest BCUT2D eigenvalue weighted by molar-refractivity contribution is 7.99. The Bertz CT molecular complexity index is 369. The zero-order chi connectivity index (χ0) is 13.0. The molecule has 0 atom stereocenters. The van der Waals surface area contributed by atoms with Gasteiger partial charge in [-0.2, -0.15) is 24.9 Å². The molecule has 5 heteroatoms. The largest absolute Gasteiger partial charge is 0.416 e. The molecule has 18 heavy (non-hydrogen) atoms. The third kappa shape index (κ3) is 3.92. The summed E-state index contributed by atoms with van der Waals surface area (Å²) in [5.41, 5.74) is 0.393. The van der Waals surface area contributed by atoms with Gasteiger partial charge in [-0.25, -0.2) is 0 Å². The number of alkyl halides is 3. The maximum absolute atomic E-state index is 12.4. The molecule has 1 aliphatic heterocycles. The first-order chi connectivity index (χ1) is 8.55. The van der Waals surface area contributed by atoms with Gasteiger partial charge in [-0.15, -0.1) is 0 Å². The van der Waals surface area contributed by atoms with Crippen LogP contribution in [0, 0.1) is 0 Å². The van der Waals surface area contributed by atoms with Crippen molar-refractivity contribution in [3.8, 4) is 0 Å². The Hall–Kier alpha value is -0.680. The molecule has 0 unspecified atom stereocenters. The monoisotopic (exact) mass is 275 g/mol. The topological polar surface area (TPSA) is 12.0 Å². The number of thioether (sulfide) groups is 1. The Labute approximate surface area is 109 Å². The Morgan fingerprint density at radius 2 is 1.72 bits per heavy atom. The Morgan fingerprint density at radius 3 is 2.28 bits per heavy atom. The van der Waals surface area contributed by atoms with Crippen molar-refractivity contribution in [2.24, 2.45) is 0 Å². The zero-order valence-corrected chi connectivity index (χ0v) is 10.8. The van der Waals surface area contributed by atoms with Crippen LogP contribution in [0.25, 0.3) is 0 Å². The standard InChI is InChI=1S/C13H16F3NS/c14-13(15,16)11-3-1-10(2-4-11)9-18-12-5-7-17-8-6-12/h1-4,12,17H,5-9H2. The molecule has 0 aromatic heterocycles. The molecule has 1 saturated heterocycles. The van der Waals surface area contributed by atoms with Gasteiger partial charge in [0, 0.05) is 11.0 Å². The first-order valence-corrected chi connectivity index (χ1v) is 7.09. The summed E-state index contributed by atoms with van der Waals surface area (Å²) >= 11 is 1.84. The van der Waals surface area contributed by atoms with Crippen LogP contribution in [0.5, 0.6) is 0 Å². The van der Waals surface area contributed by atoms with E-state index in [2.05, 4.69) is 5.32 Å². The van der Waals surface area contributed by atoms with Crippen LogP contribution in [0.1, 0.15) is 24.0 Å². The van der Waals surface area contributed by atoms with Gasteiger partial charge in [0.15, 0.2) is 0 Å². The molecular formula is C13H16F3NS. The van der Waals surface area contributed by atoms with Crippen LogP contribution in [0.3, 0.4) is 0 Å². The minimum Gasteiger partial charge on any atom is -0.317 e. The van der Waals surface area contributed by atoms with Gasteiger partial charge in [0.05, 0.1) is 5.56 Å². The zero-order valence-electron chi connectivity index (χ0n) is 9.96. The average molecular weight is 275 g/mol. The summed E-state index contributed by atoms with van der Waals surface area (Å²) in [6, 6.07) is 5.49. The molecule has 0 radical (unpaired) electrons. The summed E-state index contributed by atoms with van der Waals surface area (Å²) in [4.78, 5) is 0. The molecule has 1 heterocycles. The SMILES string of the molecule is FC(F)(F)c1ccc(CSC2CCNCC2)cc1. The number of piperidine rings is 1. The smallest absolute Gasteiger partial charge is 0.317 e. The third-order valence-electron chi connectivity index (χ3n) is 3.05. The van der Waals surface area contributed by atoms with E-state index in [0.717, 1.165) is 49.4 Å². The molecule has 1 aromatic rings. The average Bonchev–Trinajstić information content (AvgIpc) is 2.37. The van der Waals surface area contributed by atoms with Crippen LogP contribution in [0.4, 0.5) is 13.2 Å². The lowest BCUT2D eigenvalue weighted by molar-refractivity contribution is -0.137. The van der Waals surface area contributed by atoms with E-state index in [1.165, 1.54) is 0 Å². The van der Waals surface area contributed by atoms with E-state index >= 15 is 0 Å². The normalized spacial score (nSPS) is 17.9. The van der Waals surface area contributed by atoms with Crippen molar-refractivity contribution in [3.05, 3.63) is 35.4 Å². The third-order valence-corrected chi connectivity index (χ3v) is 4.50. The Kier molecular flexibility index (Phi) is 4.56. The van der Waals surface area contributed by atoms with Gasteiger partial charge in [0.1, 0.15) is 0 Å². The fourth-order valence-corrected chi connectivity index (χ4v) is 3.16. The predicted molar refractivity (Wildman–Crippen MR) is 68.6 cm³/mol. The van der Waals surface area contributed by atoms with Gasteiger partial charge >= 0.3 is 6.18 Å². The fourth-order valence-electron chi connectivity index (χ4n) is 1.97. The van der Waals surface area contributed by atoms with E-state index in [1.54, 1.807) is 12.1 Å². The van der Waals surface area contributed by atoms with Crippen LogP contribution in [-0.4, -0.2) is 18.3 Å². The van der Waals surface area contributed by atoms with E-state index in [9.17, 15) is 13.2 Å². The molecular weight excluding hydrogens is 259 g/mol. The highest BCUT2D eigenvalue weighted by Crippen LogP contribution is 2.30.